The number of hydrogen-bond acceptors (Lipinski definition) is 2. The summed E-state index contributed by atoms with van der Waals surface area (Å²) in [6.45, 7) is 0. The molecule has 0 saturated heterocycles. The summed E-state index contributed by atoms with van der Waals surface area (Å²) in [6.07, 6.45) is 0. The highest BCUT2D eigenvalue weighted by Gasteiger charge is 2.20. The second-order valence-electron chi connectivity index (χ2n) is 10.3. The van der Waals surface area contributed by atoms with E-state index in [0.29, 0.717) is 10.9 Å². The molecule has 204 valence electrons. The lowest BCUT2D eigenvalue weighted by molar-refractivity contribution is 0.663. The molecule has 0 aliphatic carbocycles. The molecule has 10 rings (SSSR count). The molecule has 2 heterocycles. The molecule has 0 aliphatic rings. The molecule has 0 amide bonds. The zero-order valence-electron chi connectivity index (χ0n) is 39.4. The van der Waals surface area contributed by atoms with Crippen LogP contribution in [0.3, 0.4) is 0 Å². The van der Waals surface area contributed by atoms with Gasteiger partial charge in [-0.3, -0.25) is 0 Å². The van der Waals surface area contributed by atoms with Crippen LogP contribution < -0.4 is 0 Å². The van der Waals surface area contributed by atoms with E-state index in [1.807, 2.05) is 12.1 Å². The van der Waals surface area contributed by atoms with Crippen LogP contribution in [0.4, 0.5) is 0 Å². The number of benzene rings is 8. The number of furan rings is 2. The molecule has 0 aliphatic heterocycles. The first-order valence-corrected chi connectivity index (χ1v) is 13.6. The number of para-hydroxylation sites is 1. The monoisotopic (exact) mass is 577 g/mol. The van der Waals surface area contributed by atoms with Gasteiger partial charge >= 0.3 is 0 Å². The minimum atomic E-state index is -0.732. The Hall–Kier alpha value is -5.86. The summed E-state index contributed by atoms with van der Waals surface area (Å²) in [4.78, 5) is 0. The summed E-state index contributed by atoms with van der Waals surface area (Å²) in [5, 5.41) is -0.298. The first-order valence-electron chi connectivity index (χ1n) is 22.1. The summed E-state index contributed by atoms with van der Waals surface area (Å²) in [6, 6.07) is 1.65. The highest BCUT2D eigenvalue weighted by atomic mass is 16.3. The van der Waals surface area contributed by atoms with Gasteiger partial charge in [0.15, 0.2) is 0 Å². The summed E-state index contributed by atoms with van der Waals surface area (Å²) >= 11 is 0. The van der Waals surface area contributed by atoms with Gasteiger partial charge in [0.25, 0.3) is 0 Å². The van der Waals surface area contributed by atoms with Crippen LogP contribution in [0, 0.1) is 0 Å². The Morgan fingerprint density at radius 2 is 0.977 bits per heavy atom. The van der Waals surface area contributed by atoms with Gasteiger partial charge in [-0.15, -0.1) is 0 Å². The van der Waals surface area contributed by atoms with Gasteiger partial charge in [-0.25, -0.2) is 0 Å². The topological polar surface area (TPSA) is 26.3 Å². The fourth-order valence-electron chi connectivity index (χ4n) is 6.21. The average molecular weight is 578 g/mol. The van der Waals surface area contributed by atoms with Crippen LogP contribution in [0.1, 0.15) is 23.3 Å². The van der Waals surface area contributed by atoms with E-state index in [-0.39, 0.29) is 71.0 Å². The molecular weight excluding hydrogens is 536 g/mol. The van der Waals surface area contributed by atoms with Gasteiger partial charge in [0.05, 0.1) is 23.3 Å². The zero-order valence-corrected chi connectivity index (χ0v) is 22.4. The molecule has 0 unspecified atom stereocenters. The lowest BCUT2D eigenvalue weighted by Gasteiger charge is -2.18. The summed E-state index contributed by atoms with van der Waals surface area (Å²) in [7, 11) is 0. The lowest BCUT2D eigenvalue weighted by Crippen LogP contribution is -1.91. The third kappa shape index (κ3) is 3.20. The number of rotatable bonds is 2. The molecule has 0 bridgehead atoms. The minimum absolute atomic E-state index is 0.0548. The highest BCUT2D eigenvalue weighted by Crippen LogP contribution is 2.47. The van der Waals surface area contributed by atoms with Crippen molar-refractivity contribution in [2.24, 2.45) is 0 Å². The van der Waals surface area contributed by atoms with E-state index in [1.165, 1.54) is 0 Å². The van der Waals surface area contributed by atoms with Crippen molar-refractivity contribution in [2.45, 2.75) is 0 Å². The van der Waals surface area contributed by atoms with Gasteiger partial charge in [0.1, 0.15) is 22.3 Å². The van der Waals surface area contributed by atoms with E-state index in [4.69, 9.17) is 22.5 Å². The van der Waals surface area contributed by atoms with Crippen LogP contribution in [0.15, 0.2) is 154 Å². The molecule has 10 aromatic rings. The maximum atomic E-state index is 9.73. The second-order valence-corrected chi connectivity index (χ2v) is 10.3. The molecule has 0 spiro atoms. The van der Waals surface area contributed by atoms with Crippen molar-refractivity contribution < 1.29 is 32.1 Å². The Labute approximate surface area is 276 Å². The van der Waals surface area contributed by atoms with Gasteiger partial charge in [-0.05, 0) is 84.8 Å². The molecule has 0 N–H and O–H groups in total. The largest absolute Gasteiger partial charge is 0.456 e. The van der Waals surface area contributed by atoms with E-state index in [2.05, 4.69) is 0 Å². The predicted molar refractivity (Wildman–Crippen MR) is 184 cm³/mol. The third-order valence-corrected chi connectivity index (χ3v) is 8.02. The molecule has 2 aromatic heterocycles. The van der Waals surface area contributed by atoms with Gasteiger partial charge in [-0.1, -0.05) is 115 Å². The Balaban J connectivity index is 1.49. The standard InChI is InChI=1S/C42H24O2/c1-2-12-27-25(10-1)11-9-18-28(27)40-31-15-5-3-13-29(31)39(30-14-4-6-16-32(30)40)26-20-21-34-38(24-26)44-37-23-22-36-41(42(34)37)33-17-7-8-19-35(33)43-36/h1-24H/i3D,4D,5D,6D,7D,8D,13D,14D,15D,16D,17D,19D,20D,21D,22D,23D,24D. The van der Waals surface area contributed by atoms with Gasteiger partial charge in [-0.2, -0.15) is 0 Å². The Morgan fingerprint density at radius 1 is 0.409 bits per heavy atom. The molecular formula is C42H24O2. The van der Waals surface area contributed by atoms with Gasteiger partial charge in [0.2, 0.25) is 0 Å². The number of hydrogen-bond donors (Lipinski definition) is 0. The van der Waals surface area contributed by atoms with E-state index < -0.39 is 114 Å². The number of fused-ring (bicyclic) bond motifs is 10. The Kier molecular flexibility index (Phi) is 2.56. The van der Waals surface area contributed by atoms with Crippen molar-refractivity contribution in [2.75, 3.05) is 0 Å². The fraction of sp³-hybridized carbons (Fsp3) is 0. The van der Waals surface area contributed by atoms with Crippen LogP contribution in [-0.2, 0) is 0 Å². The van der Waals surface area contributed by atoms with Crippen LogP contribution in [-0.4, -0.2) is 0 Å². The van der Waals surface area contributed by atoms with E-state index in [0.717, 1.165) is 5.39 Å². The van der Waals surface area contributed by atoms with E-state index in [1.54, 1.807) is 30.3 Å². The first-order chi connectivity index (χ1) is 28.9. The molecule has 0 radical (unpaired) electrons. The third-order valence-electron chi connectivity index (χ3n) is 8.02. The maximum absolute atomic E-state index is 9.73. The summed E-state index contributed by atoms with van der Waals surface area (Å²) < 4.78 is 165. The minimum Gasteiger partial charge on any atom is -0.456 e. The maximum Gasteiger partial charge on any atom is 0.136 e. The average Bonchev–Trinajstić information content (AvgIpc) is 3.86. The van der Waals surface area contributed by atoms with Crippen molar-refractivity contribution in [3.63, 3.8) is 0 Å². The smallest absolute Gasteiger partial charge is 0.136 e. The van der Waals surface area contributed by atoms with Crippen LogP contribution in [0.5, 0.6) is 0 Å². The van der Waals surface area contributed by atoms with Crippen molar-refractivity contribution in [1.82, 2.24) is 0 Å². The Morgan fingerprint density at radius 3 is 1.70 bits per heavy atom. The fourth-order valence-corrected chi connectivity index (χ4v) is 6.21. The zero-order chi connectivity index (χ0) is 43.6. The van der Waals surface area contributed by atoms with Crippen molar-refractivity contribution >= 4 is 76.2 Å². The van der Waals surface area contributed by atoms with Crippen LogP contribution in [0.25, 0.3) is 98.4 Å². The molecule has 0 saturated carbocycles. The van der Waals surface area contributed by atoms with Crippen molar-refractivity contribution in [1.29, 1.82) is 0 Å². The molecule has 2 heteroatoms. The van der Waals surface area contributed by atoms with Crippen LogP contribution in [0.2, 0.25) is 0 Å². The second kappa shape index (κ2) is 8.82. The highest BCUT2D eigenvalue weighted by molar-refractivity contribution is 6.27. The van der Waals surface area contributed by atoms with E-state index in [9.17, 15) is 9.60 Å². The van der Waals surface area contributed by atoms with Crippen molar-refractivity contribution in [3.05, 3.63) is 145 Å². The molecule has 44 heavy (non-hydrogen) atoms. The first kappa shape index (κ1) is 12.8. The summed E-state index contributed by atoms with van der Waals surface area (Å²) in [5.74, 6) is 0. The molecule has 0 fully saturated rings. The lowest BCUT2D eigenvalue weighted by atomic mass is 9.84. The quantitative estimate of drug-likeness (QED) is 0.191. The van der Waals surface area contributed by atoms with Gasteiger partial charge in [0, 0.05) is 21.5 Å². The summed E-state index contributed by atoms with van der Waals surface area (Å²) in [5.41, 5.74) is -1.88. The molecule has 2 nitrogen and oxygen atoms in total. The SMILES string of the molecule is [2H]c1c([2H])c([2H])c2c(oc3c([2H])c([2H])c4oc5c([2H])c(-c6c7c([2H])c([2H])c([2H])c([2H])c7c(-c7cccc8ccccc78)c7c([2H])c([2H])c([2H])c([2H])c67)c([2H])c([2H])c5c4c32)c1[2H]. The van der Waals surface area contributed by atoms with Crippen molar-refractivity contribution in [3.8, 4) is 22.3 Å². The van der Waals surface area contributed by atoms with Gasteiger partial charge < -0.3 is 8.83 Å². The molecule has 8 aromatic carbocycles. The normalized spacial score (nSPS) is 17.5. The molecule has 0 atom stereocenters. The van der Waals surface area contributed by atoms with E-state index >= 15 is 0 Å². The Bertz CT molecular complexity index is 3650. The predicted octanol–water partition coefficient (Wildman–Crippen LogP) is 12.3. The van der Waals surface area contributed by atoms with Crippen LogP contribution >= 0.6 is 0 Å².